The molecule has 5 rings (SSSR count). The minimum atomic E-state index is -1.02. The largest absolute Gasteiger partial charge is 0.497 e. The van der Waals surface area contributed by atoms with Crippen LogP contribution in [-0.2, 0) is 4.79 Å². The molecule has 1 saturated heterocycles. The Bertz CT molecular complexity index is 1330. The number of anilines is 1. The number of amides is 1. The number of halogens is 2. The minimum Gasteiger partial charge on any atom is -0.497 e. The lowest BCUT2D eigenvalue weighted by molar-refractivity contribution is -0.119. The first-order valence-corrected chi connectivity index (χ1v) is 10.5. The molecule has 0 saturated carbocycles. The average Bonchev–Trinajstić information content (AvgIpc) is 3.47. The smallest absolute Gasteiger partial charge is 0.316 e. The molecule has 2 N–H and O–H groups in total. The number of hydrogen-bond acceptors (Lipinski definition) is 9. The summed E-state index contributed by atoms with van der Waals surface area (Å²) >= 11 is 0. The van der Waals surface area contributed by atoms with Crippen LogP contribution in [0.15, 0.2) is 59.4 Å². The number of carbonyl (C=O) groups is 1. The standard InChI is InChI=1S/C23H18F2N6O4/c1-33-14-8-16(24)19(17(25)9-14)15-10-28-21(32)20(15)29-23-31-30-22(35-23)12-2-4-13(5-3-12)34-18-11-26-6-7-27-18/h2-9,11,15,20H,10H2,1H3,(H,28,32)(H,29,31)/t15-,20-/m0/s1. The van der Waals surface area contributed by atoms with Gasteiger partial charge in [-0.2, -0.15) is 0 Å². The highest BCUT2D eigenvalue weighted by Gasteiger charge is 2.40. The van der Waals surface area contributed by atoms with Crippen LogP contribution in [0, 0.1) is 11.6 Å². The summed E-state index contributed by atoms with van der Waals surface area (Å²) in [7, 11) is 1.31. The predicted molar refractivity (Wildman–Crippen MR) is 118 cm³/mol. The maximum absolute atomic E-state index is 14.6. The minimum absolute atomic E-state index is 0.0327. The van der Waals surface area contributed by atoms with E-state index in [1.165, 1.54) is 19.5 Å². The zero-order chi connectivity index (χ0) is 24.4. The molecule has 2 atom stereocenters. The lowest BCUT2D eigenvalue weighted by Gasteiger charge is -2.19. The molecule has 3 heterocycles. The molecule has 0 spiro atoms. The van der Waals surface area contributed by atoms with Gasteiger partial charge in [-0.15, -0.1) is 5.10 Å². The van der Waals surface area contributed by atoms with Crippen molar-refractivity contribution in [3.8, 4) is 28.8 Å². The monoisotopic (exact) mass is 480 g/mol. The van der Waals surface area contributed by atoms with Crippen LogP contribution < -0.4 is 20.1 Å². The summed E-state index contributed by atoms with van der Waals surface area (Å²) in [6.45, 7) is 0.0327. The Morgan fingerprint density at radius 1 is 1.09 bits per heavy atom. The van der Waals surface area contributed by atoms with Crippen LogP contribution in [0.5, 0.6) is 17.4 Å². The van der Waals surface area contributed by atoms with Gasteiger partial charge in [0.15, 0.2) is 0 Å². The Morgan fingerprint density at radius 2 is 1.86 bits per heavy atom. The summed E-state index contributed by atoms with van der Waals surface area (Å²) in [5, 5.41) is 13.3. The number of nitrogens with one attached hydrogen (secondary N) is 2. The molecule has 2 aromatic carbocycles. The highest BCUT2D eigenvalue weighted by molar-refractivity contribution is 5.88. The molecule has 178 valence electrons. The zero-order valence-corrected chi connectivity index (χ0v) is 18.2. The van der Waals surface area contributed by atoms with Crippen LogP contribution in [0.3, 0.4) is 0 Å². The molecule has 1 aliphatic heterocycles. The van der Waals surface area contributed by atoms with E-state index in [1.807, 2.05) is 0 Å². The zero-order valence-electron chi connectivity index (χ0n) is 18.2. The molecule has 0 unspecified atom stereocenters. The van der Waals surface area contributed by atoms with Crippen LogP contribution in [0.2, 0.25) is 0 Å². The third-order valence-electron chi connectivity index (χ3n) is 5.41. The molecule has 0 aliphatic carbocycles. The van der Waals surface area contributed by atoms with Crippen molar-refractivity contribution < 1.29 is 27.5 Å². The van der Waals surface area contributed by atoms with E-state index in [9.17, 15) is 13.6 Å². The summed E-state index contributed by atoms with van der Waals surface area (Å²) < 4.78 is 45.4. The normalized spacial score (nSPS) is 17.2. The quantitative estimate of drug-likeness (QED) is 0.410. The van der Waals surface area contributed by atoms with Gasteiger partial charge in [-0.05, 0) is 24.3 Å². The first-order chi connectivity index (χ1) is 17.0. The van der Waals surface area contributed by atoms with Crippen molar-refractivity contribution in [2.24, 2.45) is 0 Å². The van der Waals surface area contributed by atoms with Crippen molar-refractivity contribution in [2.45, 2.75) is 12.0 Å². The van der Waals surface area contributed by atoms with E-state index in [-0.39, 0.29) is 29.8 Å². The van der Waals surface area contributed by atoms with Crippen LogP contribution in [-0.4, -0.2) is 45.8 Å². The number of hydrogen-bond donors (Lipinski definition) is 2. The van der Waals surface area contributed by atoms with Crippen molar-refractivity contribution in [1.82, 2.24) is 25.5 Å². The Balaban J connectivity index is 1.32. The van der Waals surface area contributed by atoms with Gasteiger partial charge in [-0.1, -0.05) is 5.10 Å². The molecular weight excluding hydrogens is 462 g/mol. The van der Waals surface area contributed by atoms with E-state index in [1.54, 1.807) is 30.5 Å². The second-order valence-corrected chi connectivity index (χ2v) is 7.56. The number of ether oxygens (including phenoxy) is 2. The molecule has 0 bridgehead atoms. The van der Waals surface area contributed by atoms with E-state index < -0.39 is 29.5 Å². The van der Waals surface area contributed by atoms with Gasteiger partial charge in [0, 0.05) is 48.1 Å². The molecule has 12 heteroatoms. The highest BCUT2D eigenvalue weighted by Crippen LogP contribution is 2.33. The Hall–Kier alpha value is -4.61. The van der Waals surface area contributed by atoms with Crippen LogP contribution in [0.25, 0.3) is 11.5 Å². The maximum Gasteiger partial charge on any atom is 0.316 e. The maximum atomic E-state index is 14.6. The summed E-state index contributed by atoms with van der Waals surface area (Å²) in [5.74, 6) is -1.83. The second kappa shape index (κ2) is 9.33. The van der Waals surface area contributed by atoms with Crippen LogP contribution >= 0.6 is 0 Å². The fraction of sp³-hybridized carbons (Fsp3) is 0.174. The second-order valence-electron chi connectivity index (χ2n) is 7.56. The summed E-state index contributed by atoms with van der Waals surface area (Å²) in [6, 6.07) is 7.84. The third-order valence-corrected chi connectivity index (χ3v) is 5.41. The van der Waals surface area contributed by atoms with Crippen molar-refractivity contribution in [3.05, 3.63) is 72.2 Å². The Labute approximate surface area is 197 Å². The van der Waals surface area contributed by atoms with E-state index in [0.717, 1.165) is 12.1 Å². The molecule has 0 radical (unpaired) electrons. The van der Waals surface area contributed by atoms with Gasteiger partial charge >= 0.3 is 6.01 Å². The topological polar surface area (TPSA) is 124 Å². The molecule has 2 aromatic heterocycles. The SMILES string of the molecule is COc1cc(F)c([C@@H]2CNC(=O)[C@H]2Nc2nnc(-c3ccc(Oc4cnccn4)cc3)o2)c(F)c1. The fourth-order valence-electron chi connectivity index (χ4n) is 3.74. The number of carbonyl (C=O) groups excluding carboxylic acids is 1. The molecule has 35 heavy (non-hydrogen) atoms. The van der Waals surface area contributed by atoms with Crippen molar-refractivity contribution >= 4 is 11.9 Å². The lowest BCUT2D eigenvalue weighted by atomic mass is 9.93. The van der Waals surface area contributed by atoms with Crippen LogP contribution in [0.4, 0.5) is 14.8 Å². The van der Waals surface area contributed by atoms with Gasteiger partial charge in [0.1, 0.15) is 29.2 Å². The average molecular weight is 480 g/mol. The van der Waals surface area contributed by atoms with Gasteiger partial charge in [0.2, 0.25) is 17.7 Å². The van der Waals surface area contributed by atoms with E-state index >= 15 is 0 Å². The first-order valence-electron chi connectivity index (χ1n) is 10.5. The molecule has 10 nitrogen and oxygen atoms in total. The number of benzene rings is 2. The van der Waals surface area contributed by atoms with Gasteiger partial charge in [-0.3, -0.25) is 9.78 Å². The molecule has 1 fully saturated rings. The predicted octanol–water partition coefficient (Wildman–Crippen LogP) is 3.30. The number of aromatic nitrogens is 4. The van der Waals surface area contributed by atoms with Crippen molar-refractivity contribution in [1.29, 1.82) is 0 Å². The third kappa shape index (κ3) is 4.58. The molecular formula is C23H18F2N6O4. The Morgan fingerprint density at radius 3 is 2.54 bits per heavy atom. The van der Waals surface area contributed by atoms with E-state index in [0.29, 0.717) is 17.2 Å². The van der Waals surface area contributed by atoms with Gasteiger partial charge in [0.05, 0.1) is 13.3 Å². The molecule has 1 aliphatic rings. The van der Waals surface area contributed by atoms with Gasteiger partial charge < -0.3 is 24.5 Å². The molecule has 4 aromatic rings. The highest BCUT2D eigenvalue weighted by atomic mass is 19.1. The summed E-state index contributed by atoms with van der Waals surface area (Å²) in [5.41, 5.74) is 0.358. The number of nitrogens with zero attached hydrogens (tertiary/aromatic N) is 4. The van der Waals surface area contributed by atoms with Crippen molar-refractivity contribution in [3.63, 3.8) is 0 Å². The summed E-state index contributed by atoms with van der Waals surface area (Å²) in [4.78, 5) is 20.4. The number of rotatable bonds is 7. The Kier molecular flexibility index (Phi) is 5.92. The molecule has 1 amide bonds. The first kappa shape index (κ1) is 22.2. The van der Waals surface area contributed by atoms with Gasteiger partial charge in [-0.25, -0.2) is 13.8 Å². The fourth-order valence-corrected chi connectivity index (χ4v) is 3.74. The number of methoxy groups -OCH3 is 1. The van der Waals surface area contributed by atoms with Crippen molar-refractivity contribution in [2.75, 3.05) is 19.0 Å². The van der Waals surface area contributed by atoms with Crippen LogP contribution in [0.1, 0.15) is 11.5 Å². The van der Waals surface area contributed by atoms with E-state index in [2.05, 4.69) is 30.8 Å². The summed E-state index contributed by atoms with van der Waals surface area (Å²) in [6.07, 6.45) is 4.54. The van der Waals surface area contributed by atoms with E-state index in [4.69, 9.17) is 13.9 Å². The van der Waals surface area contributed by atoms with Gasteiger partial charge in [0.25, 0.3) is 0 Å². The lowest BCUT2D eigenvalue weighted by Crippen LogP contribution is -2.33.